The number of pyridine rings is 1. The van der Waals surface area contributed by atoms with Crippen LogP contribution in [0.25, 0.3) is 10.8 Å². The van der Waals surface area contributed by atoms with E-state index in [9.17, 15) is 19.1 Å². The molecule has 2 N–H and O–H groups in total. The summed E-state index contributed by atoms with van der Waals surface area (Å²) in [5.41, 5.74) is -0.0429. The molecule has 134 valence electrons. The number of fused-ring (bicyclic) bond motifs is 1. The van der Waals surface area contributed by atoms with E-state index in [1.54, 1.807) is 6.92 Å². The lowest BCUT2D eigenvalue weighted by Gasteiger charge is -2.29. The highest BCUT2D eigenvalue weighted by atomic mass is 19.1. The SMILES string of the molecule is CCC[C@H](C1CCCN1)n1c(C)c(C(=O)O)c2cccc(F)c2c1=O. The Balaban J connectivity index is 2.35. The fraction of sp³-hybridized carbons (Fsp3) is 0.474. The molecule has 0 bridgehead atoms. The van der Waals surface area contributed by atoms with Crippen molar-refractivity contribution in [3.63, 3.8) is 0 Å². The van der Waals surface area contributed by atoms with Gasteiger partial charge >= 0.3 is 5.97 Å². The lowest BCUT2D eigenvalue weighted by Crippen LogP contribution is -2.39. The van der Waals surface area contributed by atoms with E-state index in [2.05, 4.69) is 5.32 Å². The van der Waals surface area contributed by atoms with Crippen molar-refractivity contribution in [1.29, 1.82) is 0 Å². The zero-order chi connectivity index (χ0) is 18.1. The average Bonchev–Trinajstić information content (AvgIpc) is 3.07. The number of nitrogens with zero attached hydrogens (tertiary/aromatic N) is 1. The van der Waals surface area contributed by atoms with Gasteiger partial charge in [0, 0.05) is 17.1 Å². The Hall–Kier alpha value is -2.21. The molecule has 0 aliphatic carbocycles. The Morgan fingerprint density at radius 3 is 2.84 bits per heavy atom. The summed E-state index contributed by atoms with van der Waals surface area (Å²) < 4.78 is 15.9. The van der Waals surface area contributed by atoms with Crippen molar-refractivity contribution in [2.75, 3.05) is 6.54 Å². The van der Waals surface area contributed by atoms with Gasteiger partial charge in [-0.25, -0.2) is 9.18 Å². The van der Waals surface area contributed by atoms with Gasteiger partial charge in [0.1, 0.15) is 5.82 Å². The largest absolute Gasteiger partial charge is 0.478 e. The highest BCUT2D eigenvalue weighted by Gasteiger charge is 2.30. The fourth-order valence-electron chi connectivity index (χ4n) is 4.05. The average molecular weight is 346 g/mol. The molecule has 2 heterocycles. The minimum atomic E-state index is -1.14. The van der Waals surface area contributed by atoms with Crippen LogP contribution in [0.5, 0.6) is 0 Å². The second kappa shape index (κ2) is 6.96. The van der Waals surface area contributed by atoms with Gasteiger partial charge in [-0.2, -0.15) is 0 Å². The summed E-state index contributed by atoms with van der Waals surface area (Å²) in [5.74, 6) is -1.81. The molecule has 2 aromatic rings. The highest BCUT2D eigenvalue weighted by Crippen LogP contribution is 2.29. The summed E-state index contributed by atoms with van der Waals surface area (Å²) in [5, 5.41) is 13.1. The molecule has 0 spiro atoms. The van der Waals surface area contributed by atoms with Gasteiger partial charge in [-0.3, -0.25) is 4.79 Å². The molecular formula is C19H23FN2O3. The summed E-state index contributed by atoms with van der Waals surface area (Å²) in [6.45, 7) is 4.56. The molecule has 3 rings (SSSR count). The van der Waals surface area contributed by atoms with Crippen LogP contribution >= 0.6 is 0 Å². The maximum atomic E-state index is 14.4. The normalized spacial score (nSPS) is 18.6. The van der Waals surface area contributed by atoms with E-state index in [-0.39, 0.29) is 28.4 Å². The minimum absolute atomic E-state index is 0.00759. The standard InChI is InChI=1S/C19H23FN2O3/c1-3-6-15(14-9-5-10-21-14)22-11(2)16(19(24)25)12-7-4-8-13(20)17(12)18(22)23/h4,7-8,14-15,21H,3,5-6,9-10H2,1-2H3,(H,24,25)/t14?,15-/m1/s1. The number of hydrogen-bond acceptors (Lipinski definition) is 3. The maximum Gasteiger partial charge on any atom is 0.338 e. The van der Waals surface area contributed by atoms with Crippen molar-refractivity contribution in [3.05, 3.63) is 45.6 Å². The Morgan fingerprint density at radius 2 is 2.24 bits per heavy atom. The van der Waals surface area contributed by atoms with Gasteiger partial charge in [0.15, 0.2) is 0 Å². The summed E-state index contributed by atoms with van der Waals surface area (Å²) >= 11 is 0. The van der Waals surface area contributed by atoms with Crippen LogP contribution in [-0.4, -0.2) is 28.2 Å². The topological polar surface area (TPSA) is 71.3 Å². The molecule has 1 aliphatic rings. The first kappa shape index (κ1) is 17.6. The summed E-state index contributed by atoms with van der Waals surface area (Å²) in [6, 6.07) is 4.07. The quantitative estimate of drug-likeness (QED) is 0.872. The zero-order valence-corrected chi connectivity index (χ0v) is 14.5. The van der Waals surface area contributed by atoms with E-state index in [4.69, 9.17) is 0 Å². The third kappa shape index (κ3) is 2.95. The third-order valence-corrected chi connectivity index (χ3v) is 5.13. The number of benzene rings is 1. The molecule has 1 aliphatic heterocycles. The number of halogens is 1. The first-order valence-electron chi connectivity index (χ1n) is 8.77. The monoisotopic (exact) mass is 346 g/mol. The first-order valence-corrected chi connectivity index (χ1v) is 8.77. The molecule has 0 saturated carbocycles. The molecule has 1 saturated heterocycles. The van der Waals surface area contributed by atoms with E-state index in [0.717, 1.165) is 32.2 Å². The van der Waals surface area contributed by atoms with Crippen molar-refractivity contribution >= 4 is 16.7 Å². The predicted molar refractivity (Wildman–Crippen MR) is 94.8 cm³/mol. The Bertz CT molecular complexity index is 869. The van der Waals surface area contributed by atoms with Gasteiger partial charge in [0.2, 0.25) is 0 Å². The zero-order valence-electron chi connectivity index (χ0n) is 14.5. The number of hydrogen-bond donors (Lipinski definition) is 2. The summed E-state index contributed by atoms with van der Waals surface area (Å²) in [4.78, 5) is 25.0. The smallest absolute Gasteiger partial charge is 0.338 e. The van der Waals surface area contributed by atoms with E-state index in [0.29, 0.717) is 5.69 Å². The van der Waals surface area contributed by atoms with Crippen molar-refractivity contribution in [2.24, 2.45) is 0 Å². The number of nitrogens with one attached hydrogen (secondary N) is 1. The molecule has 5 nitrogen and oxygen atoms in total. The number of carboxylic acid groups (broad SMARTS) is 1. The van der Waals surface area contributed by atoms with Gasteiger partial charge in [-0.1, -0.05) is 25.5 Å². The van der Waals surface area contributed by atoms with Crippen LogP contribution in [0.3, 0.4) is 0 Å². The molecule has 25 heavy (non-hydrogen) atoms. The molecule has 0 amide bonds. The maximum absolute atomic E-state index is 14.4. The highest BCUT2D eigenvalue weighted by molar-refractivity contribution is 6.04. The van der Waals surface area contributed by atoms with Crippen molar-refractivity contribution < 1.29 is 14.3 Å². The molecule has 1 aromatic heterocycles. The Labute approximate surface area is 145 Å². The minimum Gasteiger partial charge on any atom is -0.478 e. The fourth-order valence-corrected chi connectivity index (χ4v) is 4.05. The van der Waals surface area contributed by atoms with Gasteiger partial charge in [-0.05, 0) is 38.8 Å². The van der Waals surface area contributed by atoms with Crippen molar-refractivity contribution in [3.8, 4) is 0 Å². The third-order valence-electron chi connectivity index (χ3n) is 5.13. The van der Waals surface area contributed by atoms with Crippen LogP contribution in [0.4, 0.5) is 4.39 Å². The molecule has 0 radical (unpaired) electrons. The van der Waals surface area contributed by atoms with Gasteiger partial charge < -0.3 is 15.0 Å². The number of rotatable bonds is 5. The molecule has 1 aromatic carbocycles. The van der Waals surface area contributed by atoms with Gasteiger partial charge in [0.25, 0.3) is 5.56 Å². The van der Waals surface area contributed by atoms with Crippen LogP contribution in [0.1, 0.15) is 54.7 Å². The molecule has 1 fully saturated rings. The second-order valence-electron chi connectivity index (χ2n) is 6.66. The van der Waals surface area contributed by atoms with Crippen molar-refractivity contribution in [2.45, 2.75) is 51.6 Å². The molecule has 2 atom stereocenters. The van der Waals surface area contributed by atoms with E-state index >= 15 is 0 Å². The van der Waals surface area contributed by atoms with Crippen LogP contribution in [0, 0.1) is 12.7 Å². The van der Waals surface area contributed by atoms with Gasteiger partial charge in [-0.15, -0.1) is 0 Å². The number of aromatic carboxylic acids is 1. The van der Waals surface area contributed by atoms with Crippen LogP contribution in [-0.2, 0) is 0 Å². The predicted octanol–water partition coefficient (Wildman–Crippen LogP) is 3.24. The van der Waals surface area contributed by atoms with Crippen LogP contribution in [0.15, 0.2) is 23.0 Å². The van der Waals surface area contributed by atoms with E-state index in [1.165, 1.54) is 22.8 Å². The Morgan fingerprint density at radius 1 is 1.48 bits per heavy atom. The van der Waals surface area contributed by atoms with E-state index in [1.807, 2.05) is 6.92 Å². The second-order valence-corrected chi connectivity index (χ2v) is 6.66. The van der Waals surface area contributed by atoms with E-state index < -0.39 is 17.3 Å². The first-order chi connectivity index (χ1) is 12.0. The summed E-state index contributed by atoms with van der Waals surface area (Å²) in [7, 11) is 0. The van der Waals surface area contributed by atoms with Crippen molar-refractivity contribution in [1.82, 2.24) is 9.88 Å². The van der Waals surface area contributed by atoms with Gasteiger partial charge in [0.05, 0.1) is 17.0 Å². The van der Waals surface area contributed by atoms with Crippen LogP contribution < -0.4 is 10.9 Å². The number of aromatic nitrogens is 1. The Kier molecular flexibility index (Phi) is 4.90. The van der Waals surface area contributed by atoms with Crippen LogP contribution in [0.2, 0.25) is 0 Å². The summed E-state index contributed by atoms with van der Waals surface area (Å²) in [6.07, 6.45) is 3.53. The lowest BCUT2D eigenvalue weighted by atomic mass is 9.97. The lowest BCUT2D eigenvalue weighted by molar-refractivity contribution is 0.0696. The number of carboxylic acids is 1. The molecular weight excluding hydrogens is 323 g/mol. The number of carbonyl (C=O) groups is 1. The molecule has 1 unspecified atom stereocenters. The molecule has 6 heteroatoms.